The van der Waals surface area contributed by atoms with Crippen LogP contribution in [0, 0.1) is 5.82 Å². The number of hydrogen-bond acceptors (Lipinski definition) is 2. The first-order chi connectivity index (χ1) is 8.89. The van der Waals surface area contributed by atoms with Crippen molar-refractivity contribution in [2.24, 2.45) is 0 Å². The summed E-state index contributed by atoms with van der Waals surface area (Å²) in [6.07, 6.45) is 1.88. The van der Waals surface area contributed by atoms with E-state index in [-0.39, 0.29) is 16.5 Å². The Morgan fingerprint density at radius 3 is 2.84 bits per heavy atom. The van der Waals surface area contributed by atoms with Crippen molar-refractivity contribution in [3.8, 4) is 0 Å². The molecule has 1 aliphatic rings. The lowest BCUT2D eigenvalue weighted by molar-refractivity contribution is 0.0437. The van der Waals surface area contributed by atoms with Gasteiger partial charge in [0.25, 0.3) is 5.91 Å². The Hall–Kier alpha value is -1.13. The van der Waals surface area contributed by atoms with E-state index in [4.69, 9.17) is 11.6 Å². The van der Waals surface area contributed by atoms with Gasteiger partial charge in [0.15, 0.2) is 0 Å². The molecule has 0 radical (unpaired) electrons. The van der Waals surface area contributed by atoms with Gasteiger partial charge in [-0.3, -0.25) is 4.79 Å². The maximum absolute atomic E-state index is 13.7. The normalized spacial score (nSPS) is 24.1. The zero-order chi connectivity index (χ0) is 14.0. The van der Waals surface area contributed by atoms with Crippen LogP contribution in [0.4, 0.5) is 4.39 Å². The Balaban J connectivity index is 2.15. The van der Waals surface area contributed by atoms with Gasteiger partial charge < -0.3 is 10.0 Å². The highest BCUT2D eigenvalue weighted by molar-refractivity contribution is 6.30. The highest BCUT2D eigenvalue weighted by atomic mass is 35.5. The molecular weight excluding hydrogens is 269 g/mol. The van der Waals surface area contributed by atoms with Crippen molar-refractivity contribution in [3.05, 3.63) is 34.6 Å². The number of carbonyl (C=O) groups is 1. The van der Waals surface area contributed by atoms with Gasteiger partial charge in [-0.15, -0.1) is 0 Å². The van der Waals surface area contributed by atoms with Crippen LogP contribution in [-0.4, -0.2) is 34.6 Å². The number of amides is 1. The topological polar surface area (TPSA) is 40.5 Å². The van der Waals surface area contributed by atoms with E-state index >= 15 is 0 Å². The molecular formula is C14H17ClFNO2. The molecule has 1 fully saturated rings. The summed E-state index contributed by atoms with van der Waals surface area (Å²) in [7, 11) is 0. The lowest BCUT2D eigenvalue weighted by Crippen LogP contribution is -2.34. The third-order valence-corrected chi connectivity index (χ3v) is 3.75. The summed E-state index contributed by atoms with van der Waals surface area (Å²) < 4.78 is 13.7. The SMILES string of the molecule is CC1(O)CCCN(C(=O)c2ccc(Cl)cc2F)CC1. The summed E-state index contributed by atoms with van der Waals surface area (Å²) in [6, 6.07) is 4.05. The molecule has 1 unspecified atom stereocenters. The molecule has 104 valence electrons. The molecule has 1 heterocycles. The quantitative estimate of drug-likeness (QED) is 0.862. The fourth-order valence-corrected chi connectivity index (χ4v) is 2.46. The average molecular weight is 286 g/mol. The maximum Gasteiger partial charge on any atom is 0.256 e. The number of aliphatic hydroxyl groups is 1. The van der Waals surface area contributed by atoms with E-state index in [1.54, 1.807) is 11.8 Å². The molecule has 1 saturated heterocycles. The van der Waals surface area contributed by atoms with Gasteiger partial charge in [-0.25, -0.2) is 4.39 Å². The van der Waals surface area contributed by atoms with E-state index in [0.29, 0.717) is 32.4 Å². The van der Waals surface area contributed by atoms with Crippen LogP contribution in [0.2, 0.25) is 5.02 Å². The monoisotopic (exact) mass is 285 g/mol. The molecule has 0 saturated carbocycles. The van der Waals surface area contributed by atoms with E-state index in [2.05, 4.69) is 0 Å². The average Bonchev–Trinajstić information content (AvgIpc) is 2.49. The summed E-state index contributed by atoms with van der Waals surface area (Å²) in [4.78, 5) is 13.8. The third kappa shape index (κ3) is 3.45. The number of likely N-dealkylation sites (tertiary alicyclic amines) is 1. The van der Waals surface area contributed by atoms with E-state index in [9.17, 15) is 14.3 Å². The van der Waals surface area contributed by atoms with Gasteiger partial charge in [0.05, 0.1) is 11.2 Å². The summed E-state index contributed by atoms with van der Waals surface area (Å²) in [5, 5.41) is 10.3. The zero-order valence-electron chi connectivity index (χ0n) is 10.8. The van der Waals surface area contributed by atoms with Crippen LogP contribution < -0.4 is 0 Å². The number of halogens is 2. The third-order valence-electron chi connectivity index (χ3n) is 3.51. The van der Waals surface area contributed by atoms with Gasteiger partial charge in [-0.2, -0.15) is 0 Å². The van der Waals surface area contributed by atoms with Crippen molar-refractivity contribution in [2.75, 3.05) is 13.1 Å². The predicted octanol–water partition coefficient (Wildman–Crippen LogP) is 2.86. The first-order valence-corrected chi connectivity index (χ1v) is 6.73. The Kier molecular flexibility index (Phi) is 4.11. The molecule has 1 aliphatic heterocycles. The molecule has 0 aromatic heterocycles. The van der Waals surface area contributed by atoms with Crippen LogP contribution in [0.15, 0.2) is 18.2 Å². The van der Waals surface area contributed by atoms with Crippen molar-refractivity contribution in [1.29, 1.82) is 0 Å². The lowest BCUT2D eigenvalue weighted by atomic mass is 9.98. The second kappa shape index (κ2) is 5.47. The van der Waals surface area contributed by atoms with Crippen molar-refractivity contribution >= 4 is 17.5 Å². The van der Waals surface area contributed by atoms with E-state index in [1.165, 1.54) is 12.1 Å². The molecule has 0 bridgehead atoms. The van der Waals surface area contributed by atoms with Crippen molar-refractivity contribution in [1.82, 2.24) is 4.90 Å². The molecule has 2 rings (SSSR count). The first-order valence-electron chi connectivity index (χ1n) is 6.36. The van der Waals surface area contributed by atoms with Crippen LogP contribution in [0.5, 0.6) is 0 Å². The van der Waals surface area contributed by atoms with Gasteiger partial charge in [0.1, 0.15) is 5.82 Å². The molecule has 0 aliphatic carbocycles. The second-order valence-corrected chi connectivity index (χ2v) is 5.70. The Bertz CT molecular complexity index is 490. The molecule has 1 aromatic carbocycles. The highest BCUT2D eigenvalue weighted by Crippen LogP contribution is 2.23. The Morgan fingerprint density at radius 2 is 2.16 bits per heavy atom. The lowest BCUT2D eigenvalue weighted by Gasteiger charge is -2.22. The second-order valence-electron chi connectivity index (χ2n) is 5.27. The van der Waals surface area contributed by atoms with Gasteiger partial charge in [0, 0.05) is 18.1 Å². The molecule has 1 N–H and O–H groups in total. The van der Waals surface area contributed by atoms with Gasteiger partial charge in [0.2, 0.25) is 0 Å². The molecule has 1 aromatic rings. The smallest absolute Gasteiger partial charge is 0.256 e. The summed E-state index contributed by atoms with van der Waals surface area (Å²) in [5.41, 5.74) is -0.709. The van der Waals surface area contributed by atoms with Gasteiger partial charge in [-0.05, 0) is 44.4 Å². The number of rotatable bonds is 1. The predicted molar refractivity (Wildman–Crippen MR) is 71.8 cm³/mol. The fourth-order valence-electron chi connectivity index (χ4n) is 2.30. The highest BCUT2D eigenvalue weighted by Gasteiger charge is 2.28. The van der Waals surface area contributed by atoms with Gasteiger partial charge >= 0.3 is 0 Å². The fraction of sp³-hybridized carbons (Fsp3) is 0.500. The van der Waals surface area contributed by atoms with Crippen LogP contribution >= 0.6 is 11.6 Å². The number of hydrogen-bond donors (Lipinski definition) is 1. The standard InChI is InChI=1S/C14H17ClFNO2/c1-14(19)5-2-7-17(8-6-14)13(18)11-4-3-10(15)9-12(11)16/h3-4,9,19H,2,5-8H2,1H3. The largest absolute Gasteiger partial charge is 0.390 e. The summed E-state index contributed by atoms with van der Waals surface area (Å²) in [5.74, 6) is -0.944. The number of carbonyl (C=O) groups excluding carboxylic acids is 1. The molecule has 0 spiro atoms. The molecule has 5 heteroatoms. The van der Waals surface area contributed by atoms with E-state index in [0.717, 1.165) is 6.07 Å². The molecule has 3 nitrogen and oxygen atoms in total. The van der Waals surface area contributed by atoms with Gasteiger partial charge in [-0.1, -0.05) is 11.6 Å². The summed E-state index contributed by atoms with van der Waals surface area (Å²) in [6.45, 7) is 2.74. The zero-order valence-corrected chi connectivity index (χ0v) is 11.6. The maximum atomic E-state index is 13.7. The van der Waals surface area contributed by atoms with Crippen molar-refractivity contribution in [2.45, 2.75) is 31.8 Å². The van der Waals surface area contributed by atoms with E-state index in [1.807, 2.05) is 0 Å². The molecule has 1 atom stereocenters. The minimum atomic E-state index is -0.742. The minimum Gasteiger partial charge on any atom is -0.390 e. The Morgan fingerprint density at radius 1 is 1.42 bits per heavy atom. The number of nitrogens with zero attached hydrogens (tertiary/aromatic N) is 1. The minimum absolute atomic E-state index is 0.0333. The van der Waals surface area contributed by atoms with E-state index < -0.39 is 11.4 Å². The molecule has 19 heavy (non-hydrogen) atoms. The Labute approximate surface area is 117 Å². The number of benzene rings is 1. The summed E-state index contributed by atoms with van der Waals surface area (Å²) >= 11 is 5.67. The van der Waals surface area contributed by atoms with Crippen molar-refractivity contribution < 1.29 is 14.3 Å². The van der Waals surface area contributed by atoms with Crippen LogP contribution in [0.3, 0.4) is 0 Å². The van der Waals surface area contributed by atoms with Crippen LogP contribution in [0.25, 0.3) is 0 Å². The van der Waals surface area contributed by atoms with Crippen molar-refractivity contribution in [3.63, 3.8) is 0 Å². The molecule has 1 amide bonds. The first kappa shape index (κ1) is 14.3. The van der Waals surface area contributed by atoms with Crippen LogP contribution in [-0.2, 0) is 0 Å². The van der Waals surface area contributed by atoms with Crippen LogP contribution in [0.1, 0.15) is 36.5 Å².